The number of rotatable bonds is 6. The van der Waals surface area contributed by atoms with Crippen molar-refractivity contribution in [3.8, 4) is 5.75 Å². The van der Waals surface area contributed by atoms with Crippen LogP contribution in [-0.2, 0) is 6.54 Å². The normalized spacial score (nSPS) is 20.1. The maximum absolute atomic E-state index is 6.30. The van der Waals surface area contributed by atoms with Gasteiger partial charge in [0.2, 0.25) is 0 Å². The molecule has 4 rings (SSSR count). The second-order valence-electron chi connectivity index (χ2n) is 7.35. The smallest absolute Gasteiger partial charge is 0.120 e. The van der Waals surface area contributed by atoms with E-state index in [2.05, 4.69) is 52.1 Å². The van der Waals surface area contributed by atoms with E-state index in [0.717, 1.165) is 37.1 Å². The van der Waals surface area contributed by atoms with Gasteiger partial charge < -0.3 is 4.74 Å². The highest BCUT2D eigenvalue weighted by Crippen LogP contribution is 2.29. The second kappa shape index (κ2) is 8.49. The van der Waals surface area contributed by atoms with Crippen molar-refractivity contribution in [2.75, 3.05) is 6.54 Å². The van der Waals surface area contributed by atoms with E-state index in [1.807, 2.05) is 30.9 Å². The van der Waals surface area contributed by atoms with Crippen molar-refractivity contribution in [1.82, 2.24) is 14.9 Å². The van der Waals surface area contributed by atoms with Crippen LogP contribution in [0, 0.1) is 0 Å². The molecule has 1 saturated carbocycles. The quantitative estimate of drug-likeness (QED) is 0.629. The third kappa shape index (κ3) is 4.45. The Morgan fingerprint density at radius 3 is 2.48 bits per heavy atom. The van der Waals surface area contributed by atoms with Gasteiger partial charge in [-0.3, -0.25) is 14.9 Å². The molecule has 3 aromatic rings. The summed E-state index contributed by atoms with van der Waals surface area (Å²) in [5.41, 5.74) is 1.34. The van der Waals surface area contributed by atoms with E-state index in [9.17, 15) is 0 Å². The van der Waals surface area contributed by atoms with E-state index >= 15 is 0 Å². The Kier molecular flexibility index (Phi) is 5.64. The van der Waals surface area contributed by atoms with E-state index in [1.54, 1.807) is 0 Å². The van der Waals surface area contributed by atoms with Crippen molar-refractivity contribution in [3.05, 3.63) is 66.7 Å². The van der Waals surface area contributed by atoms with Gasteiger partial charge in [0.05, 0.1) is 6.10 Å². The third-order valence-electron chi connectivity index (χ3n) is 5.62. The topological polar surface area (TPSA) is 38.2 Å². The Morgan fingerprint density at radius 2 is 1.70 bits per heavy atom. The molecule has 0 aliphatic heterocycles. The summed E-state index contributed by atoms with van der Waals surface area (Å²) in [6, 6.07) is 13.2. The molecule has 1 fully saturated rings. The van der Waals surface area contributed by atoms with Crippen LogP contribution < -0.4 is 4.74 Å². The number of hydrogen-bond acceptors (Lipinski definition) is 4. The summed E-state index contributed by atoms with van der Waals surface area (Å²) in [7, 11) is 0. The van der Waals surface area contributed by atoms with E-state index in [0.29, 0.717) is 12.1 Å². The van der Waals surface area contributed by atoms with Crippen molar-refractivity contribution in [2.24, 2.45) is 0 Å². The van der Waals surface area contributed by atoms with Crippen molar-refractivity contribution < 1.29 is 4.74 Å². The van der Waals surface area contributed by atoms with Crippen LogP contribution in [0.15, 0.2) is 61.2 Å². The minimum Gasteiger partial charge on any atom is -0.490 e. The van der Waals surface area contributed by atoms with Crippen molar-refractivity contribution in [2.45, 2.75) is 51.3 Å². The fourth-order valence-electron chi connectivity index (χ4n) is 4.08. The fraction of sp³-hybridized carbons (Fsp3) is 0.391. The van der Waals surface area contributed by atoms with Crippen LogP contribution in [0.5, 0.6) is 5.75 Å². The molecule has 0 radical (unpaired) electrons. The number of benzene rings is 1. The summed E-state index contributed by atoms with van der Waals surface area (Å²) in [5.74, 6) is 0.973. The van der Waals surface area contributed by atoms with Gasteiger partial charge >= 0.3 is 0 Å². The predicted molar refractivity (Wildman–Crippen MR) is 109 cm³/mol. The fourth-order valence-corrected chi connectivity index (χ4v) is 4.08. The van der Waals surface area contributed by atoms with Gasteiger partial charge in [0.25, 0.3) is 0 Å². The molecule has 1 aliphatic carbocycles. The Bertz CT molecular complexity index is 860. The Hall–Kier alpha value is -2.46. The highest BCUT2D eigenvalue weighted by molar-refractivity contribution is 5.82. The summed E-state index contributed by atoms with van der Waals surface area (Å²) < 4.78 is 6.30. The monoisotopic (exact) mass is 361 g/mol. The van der Waals surface area contributed by atoms with Gasteiger partial charge in [-0.2, -0.15) is 0 Å². The predicted octanol–water partition coefficient (Wildman–Crippen LogP) is 4.84. The highest BCUT2D eigenvalue weighted by Gasteiger charge is 2.26. The summed E-state index contributed by atoms with van der Waals surface area (Å²) >= 11 is 0. The SMILES string of the molecule is CCN(Cc1ccncc1)C1CCC(Oc2ccc3cnccc3c2)CC1. The molecule has 1 aliphatic rings. The Morgan fingerprint density at radius 1 is 0.926 bits per heavy atom. The van der Waals surface area contributed by atoms with Gasteiger partial charge in [-0.15, -0.1) is 0 Å². The molecule has 0 bridgehead atoms. The van der Waals surface area contributed by atoms with Crippen molar-refractivity contribution >= 4 is 10.8 Å². The zero-order chi connectivity index (χ0) is 18.5. The van der Waals surface area contributed by atoms with Crippen LogP contribution in [0.4, 0.5) is 0 Å². The minimum atomic E-state index is 0.320. The molecular weight excluding hydrogens is 334 g/mol. The zero-order valence-corrected chi connectivity index (χ0v) is 15.9. The molecular formula is C23H27N3O. The van der Waals surface area contributed by atoms with Crippen LogP contribution in [0.3, 0.4) is 0 Å². The Labute approximate surface area is 161 Å². The lowest BCUT2D eigenvalue weighted by molar-refractivity contribution is 0.0869. The van der Waals surface area contributed by atoms with Gasteiger partial charge in [0.1, 0.15) is 5.75 Å². The number of aromatic nitrogens is 2. The molecule has 140 valence electrons. The first kappa shape index (κ1) is 17.9. The van der Waals surface area contributed by atoms with Gasteiger partial charge in [-0.25, -0.2) is 0 Å². The highest BCUT2D eigenvalue weighted by atomic mass is 16.5. The van der Waals surface area contributed by atoms with Crippen molar-refractivity contribution in [1.29, 1.82) is 0 Å². The largest absolute Gasteiger partial charge is 0.490 e. The van der Waals surface area contributed by atoms with Crippen LogP contribution in [0.1, 0.15) is 38.2 Å². The molecule has 0 amide bonds. The maximum Gasteiger partial charge on any atom is 0.120 e. The average Bonchev–Trinajstić information content (AvgIpc) is 2.73. The van der Waals surface area contributed by atoms with Crippen LogP contribution in [0.2, 0.25) is 0 Å². The van der Waals surface area contributed by atoms with Crippen LogP contribution in [-0.4, -0.2) is 33.6 Å². The Balaban J connectivity index is 1.33. The van der Waals surface area contributed by atoms with Gasteiger partial charge in [0, 0.05) is 42.8 Å². The zero-order valence-electron chi connectivity index (χ0n) is 15.9. The van der Waals surface area contributed by atoms with E-state index in [4.69, 9.17) is 4.74 Å². The van der Waals surface area contributed by atoms with E-state index < -0.39 is 0 Å². The molecule has 4 heteroatoms. The first-order chi connectivity index (χ1) is 13.3. The molecule has 2 aromatic heterocycles. The van der Waals surface area contributed by atoms with Gasteiger partial charge in [-0.05, 0) is 79.6 Å². The third-order valence-corrected chi connectivity index (χ3v) is 5.62. The summed E-state index contributed by atoms with van der Waals surface area (Å²) in [6.07, 6.45) is 12.4. The first-order valence-electron chi connectivity index (χ1n) is 9.95. The van der Waals surface area contributed by atoms with Gasteiger partial charge in [-0.1, -0.05) is 6.92 Å². The number of nitrogens with zero attached hydrogens (tertiary/aromatic N) is 3. The maximum atomic E-state index is 6.30. The minimum absolute atomic E-state index is 0.320. The molecule has 0 N–H and O–H groups in total. The molecule has 0 unspecified atom stereocenters. The number of ether oxygens (including phenoxy) is 1. The lowest BCUT2D eigenvalue weighted by Crippen LogP contribution is -2.39. The van der Waals surface area contributed by atoms with E-state index in [-0.39, 0.29) is 0 Å². The molecule has 4 nitrogen and oxygen atoms in total. The summed E-state index contributed by atoms with van der Waals surface area (Å²) in [6.45, 7) is 4.35. The molecule has 27 heavy (non-hydrogen) atoms. The van der Waals surface area contributed by atoms with Crippen molar-refractivity contribution in [3.63, 3.8) is 0 Å². The lowest BCUT2D eigenvalue weighted by atomic mass is 9.91. The number of hydrogen-bond donors (Lipinski definition) is 0. The molecule has 1 aromatic carbocycles. The average molecular weight is 361 g/mol. The van der Waals surface area contributed by atoms with E-state index in [1.165, 1.54) is 23.8 Å². The van der Waals surface area contributed by atoms with Crippen LogP contribution >= 0.6 is 0 Å². The standard InChI is InChI=1S/C23H27N3O/c1-2-26(17-18-9-12-24-13-10-18)21-4-7-22(8-5-21)27-23-6-3-20-16-25-14-11-19(20)15-23/h3,6,9-16,21-22H,2,4-5,7-8,17H2,1H3. The number of fused-ring (bicyclic) bond motifs is 1. The lowest BCUT2D eigenvalue weighted by Gasteiger charge is -2.36. The second-order valence-corrected chi connectivity index (χ2v) is 7.35. The molecule has 2 heterocycles. The first-order valence-corrected chi connectivity index (χ1v) is 9.95. The molecule has 0 saturated heterocycles. The molecule has 0 spiro atoms. The van der Waals surface area contributed by atoms with Gasteiger partial charge in [0.15, 0.2) is 0 Å². The number of pyridine rings is 2. The summed E-state index contributed by atoms with van der Waals surface area (Å²) in [4.78, 5) is 10.9. The summed E-state index contributed by atoms with van der Waals surface area (Å²) in [5, 5.41) is 2.34. The van der Waals surface area contributed by atoms with Crippen LogP contribution in [0.25, 0.3) is 10.8 Å². The molecule has 0 atom stereocenters.